The molecule has 0 saturated carbocycles. The number of hydrogen-bond donors (Lipinski definition) is 2. The molecule has 3 heterocycles. The van der Waals surface area contributed by atoms with Crippen LogP contribution in [-0.2, 0) is 11.2 Å². The smallest absolute Gasteiger partial charge is 0.280 e. The highest BCUT2D eigenvalue weighted by Gasteiger charge is 2.17. The number of aryl methyl sites for hydroxylation is 2. The van der Waals surface area contributed by atoms with Crippen molar-refractivity contribution in [2.75, 3.05) is 6.54 Å². The van der Waals surface area contributed by atoms with E-state index in [0.29, 0.717) is 35.3 Å². The van der Waals surface area contributed by atoms with Gasteiger partial charge in [0.15, 0.2) is 0 Å². The Morgan fingerprint density at radius 2 is 1.81 bits per heavy atom. The Morgan fingerprint density at radius 3 is 2.59 bits per heavy atom. The standard InChI is InChI=1S/C29H26N6O2/c1-18-14-22(19(2)34(18)35-20(3)33-27-11-7-5-9-25(27)29(35)37)15-23(16-30)28(36)31-13-12-21-17-32-26-10-6-4-8-24(21)26/h4-11,14-15,17,32H,12-13H2,1-3H3,(H,31,36). The highest BCUT2D eigenvalue weighted by molar-refractivity contribution is 6.01. The first kappa shape index (κ1) is 23.8. The molecule has 184 valence electrons. The molecule has 5 aromatic rings. The van der Waals surface area contributed by atoms with Gasteiger partial charge < -0.3 is 10.3 Å². The predicted octanol–water partition coefficient (Wildman–Crippen LogP) is 4.18. The van der Waals surface area contributed by atoms with Crippen molar-refractivity contribution in [3.63, 3.8) is 0 Å². The van der Waals surface area contributed by atoms with Crippen molar-refractivity contribution in [2.45, 2.75) is 27.2 Å². The number of H-pyrrole nitrogens is 1. The van der Waals surface area contributed by atoms with Gasteiger partial charge in [0.1, 0.15) is 17.5 Å². The molecular weight excluding hydrogens is 464 g/mol. The quantitative estimate of drug-likeness (QED) is 0.275. The molecule has 0 atom stereocenters. The van der Waals surface area contributed by atoms with Gasteiger partial charge >= 0.3 is 0 Å². The molecule has 37 heavy (non-hydrogen) atoms. The van der Waals surface area contributed by atoms with E-state index in [0.717, 1.165) is 27.9 Å². The first-order valence-electron chi connectivity index (χ1n) is 12.0. The predicted molar refractivity (Wildman–Crippen MR) is 144 cm³/mol. The third kappa shape index (κ3) is 4.32. The zero-order valence-corrected chi connectivity index (χ0v) is 20.9. The molecule has 0 radical (unpaired) electrons. The molecule has 2 N–H and O–H groups in total. The Balaban J connectivity index is 1.40. The van der Waals surface area contributed by atoms with Crippen molar-refractivity contribution in [1.29, 1.82) is 5.26 Å². The summed E-state index contributed by atoms with van der Waals surface area (Å²) < 4.78 is 3.30. The first-order chi connectivity index (χ1) is 17.9. The van der Waals surface area contributed by atoms with Crippen molar-refractivity contribution in [1.82, 2.24) is 24.6 Å². The molecular formula is C29H26N6O2. The molecule has 1 amide bonds. The molecule has 5 rings (SSSR count). The number of fused-ring (bicyclic) bond motifs is 2. The molecule has 2 aromatic carbocycles. The van der Waals surface area contributed by atoms with Crippen molar-refractivity contribution < 1.29 is 4.79 Å². The minimum absolute atomic E-state index is 0.000109. The van der Waals surface area contributed by atoms with Gasteiger partial charge in [0, 0.05) is 35.0 Å². The molecule has 0 aliphatic carbocycles. The Bertz CT molecular complexity index is 1800. The molecule has 3 aromatic heterocycles. The number of nitriles is 1. The van der Waals surface area contributed by atoms with Gasteiger partial charge in [-0.05, 0) is 68.7 Å². The van der Waals surface area contributed by atoms with Crippen LogP contribution in [0.2, 0.25) is 0 Å². The number of nitrogens with zero attached hydrogens (tertiary/aromatic N) is 4. The number of aromatic nitrogens is 4. The van der Waals surface area contributed by atoms with Gasteiger partial charge in [0.05, 0.1) is 10.9 Å². The zero-order chi connectivity index (χ0) is 26.1. The van der Waals surface area contributed by atoms with Gasteiger partial charge in [0.2, 0.25) is 0 Å². The third-order valence-corrected chi connectivity index (χ3v) is 6.57. The summed E-state index contributed by atoms with van der Waals surface area (Å²) in [5.74, 6) is 0.101. The van der Waals surface area contributed by atoms with E-state index in [9.17, 15) is 14.9 Å². The van der Waals surface area contributed by atoms with Crippen LogP contribution in [0.15, 0.2) is 71.2 Å². The fraction of sp³-hybridized carbons (Fsp3) is 0.172. The second-order valence-electron chi connectivity index (χ2n) is 8.97. The summed E-state index contributed by atoms with van der Waals surface area (Å²) in [5, 5.41) is 14.2. The minimum Gasteiger partial charge on any atom is -0.361 e. The molecule has 0 aliphatic heterocycles. The number of rotatable bonds is 6. The molecule has 0 fully saturated rings. The largest absolute Gasteiger partial charge is 0.361 e. The minimum atomic E-state index is -0.437. The molecule has 8 heteroatoms. The number of hydrogen-bond acceptors (Lipinski definition) is 4. The normalized spacial score (nSPS) is 11.7. The molecule has 0 saturated heterocycles. The number of para-hydroxylation sites is 2. The topological polar surface area (TPSA) is 109 Å². The summed E-state index contributed by atoms with van der Waals surface area (Å²) in [6.45, 7) is 5.91. The maximum Gasteiger partial charge on any atom is 0.280 e. The van der Waals surface area contributed by atoms with Crippen LogP contribution in [0.5, 0.6) is 0 Å². The summed E-state index contributed by atoms with van der Waals surface area (Å²) in [6.07, 6.45) is 4.15. The number of carbonyl (C=O) groups excluding carboxylic acids is 1. The van der Waals surface area contributed by atoms with Crippen molar-refractivity contribution in [2.24, 2.45) is 0 Å². The number of amides is 1. The van der Waals surface area contributed by atoms with Gasteiger partial charge in [-0.2, -0.15) is 9.94 Å². The van der Waals surface area contributed by atoms with E-state index in [1.807, 2.05) is 74.6 Å². The number of carbonyl (C=O) groups is 1. The lowest BCUT2D eigenvalue weighted by Crippen LogP contribution is -2.30. The van der Waals surface area contributed by atoms with E-state index < -0.39 is 5.91 Å². The lowest BCUT2D eigenvalue weighted by Gasteiger charge is -2.16. The SMILES string of the molecule is Cc1cc(C=C(C#N)C(=O)NCCc2c[nH]c3ccccc23)c(C)n1-n1c(C)nc2ccccc2c1=O. The summed E-state index contributed by atoms with van der Waals surface area (Å²) >= 11 is 0. The lowest BCUT2D eigenvalue weighted by molar-refractivity contribution is -0.117. The van der Waals surface area contributed by atoms with Crippen LogP contribution in [-0.4, -0.2) is 31.8 Å². The third-order valence-electron chi connectivity index (χ3n) is 6.57. The zero-order valence-electron chi connectivity index (χ0n) is 20.9. The van der Waals surface area contributed by atoms with Crippen LogP contribution in [0.25, 0.3) is 27.9 Å². The molecule has 0 bridgehead atoms. The highest BCUT2D eigenvalue weighted by atomic mass is 16.2. The highest BCUT2D eigenvalue weighted by Crippen LogP contribution is 2.20. The van der Waals surface area contributed by atoms with Crippen LogP contribution >= 0.6 is 0 Å². The van der Waals surface area contributed by atoms with Crippen LogP contribution < -0.4 is 10.9 Å². The number of nitrogens with one attached hydrogen (secondary N) is 2. The Kier molecular flexibility index (Phi) is 6.20. The summed E-state index contributed by atoms with van der Waals surface area (Å²) in [7, 11) is 0. The van der Waals surface area contributed by atoms with Gasteiger partial charge in [-0.3, -0.25) is 14.3 Å². The van der Waals surface area contributed by atoms with Crippen LogP contribution in [0, 0.1) is 32.1 Å². The Hall–Kier alpha value is -4.90. The first-order valence-corrected chi connectivity index (χ1v) is 12.0. The van der Waals surface area contributed by atoms with E-state index in [1.165, 1.54) is 4.68 Å². The summed E-state index contributed by atoms with van der Waals surface area (Å²) in [4.78, 5) is 34.0. The second-order valence-corrected chi connectivity index (χ2v) is 8.97. The maximum atomic E-state index is 13.3. The van der Waals surface area contributed by atoms with Gasteiger partial charge in [-0.25, -0.2) is 4.98 Å². The second kappa shape index (κ2) is 9.63. The molecule has 8 nitrogen and oxygen atoms in total. The summed E-state index contributed by atoms with van der Waals surface area (Å²) in [6, 6.07) is 19.1. The van der Waals surface area contributed by atoms with Gasteiger partial charge in [0.25, 0.3) is 11.5 Å². The average Bonchev–Trinajstić information content (AvgIpc) is 3.43. The van der Waals surface area contributed by atoms with E-state index in [-0.39, 0.29) is 11.1 Å². The van der Waals surface area contributed by atoms with E-state index in [2.05, 4.69) is 15.3 Å². The van der Waals surface area contributed by atoms with Crippen LogP contribution in [0.1, 0.15) is 28.3 Å². The van der Waals surface area contributed by atoms with Crippen molar-refractivity contribution in [3.8, 4) is 6.07 Å². The van der Waals surface area contributed by atoms with E-state index >= 15 is 0 Å². The van der Waals surface area contributed by atoms with Crippen LogP contribution in [0.4, 0.5) is 0 Å². The number of aromatic amines is 1. The average molecular weight is 491 g/mol. The molecule has 0 spiro atoms. The Morgan fingerprint density at radius 1 is 1.08 bits per heavy atom. The molecule has 0 aliphatic rings. The van der Waals surface area contributed by atoms with Crippen LogP contribution in [0.3, 0.4) is 0 Å². The van der Waals surface area contributed by atoms with Crippen molar-refractivity contribution >= 4 is 33.8 Å². The monoisotopic (exact) mass is 490 g/mol. The number of benzene rings is 2. The van der Waals surface area contributed by atoms with E-state index in [4.69, 9.17) is 0 Å². The maximum absolute atomic E-state index is 13.3. The Labute approximate surface area is 213 Å². The van der Waals surface area contributed by atoms with E-state index in [1.54, 1.807) is 23.7 Å². The fourth-order valence-electron chi connectivity index (χ4n) is 4.75. The molecule has 0 unspecified atom stereocenters. The lowest BCUT2D eigenvalue weighted by atomic mass is 10.1. The van der Waals surface area contributed by atoms with Gasteiger partial charge in [-0.1, -0.05) is 30.3 Å². The summed E-state index contributed by atoms with van der Waals surface area (Å²) in [5.41, 5.74) is 4.79. The van der Waals surface area contributed by atoms with Crippen molar-refractivity contribution in [3.05, 3.63) is 105 Å². The van der Waals surface area contributed by atoms with Gasteiger partial charge in [-0.15, -0.1) is 0 Å². The fourth-order valence-corrected chi connectivity index (χ4v) is 4.75.